The van der Waals surface area contributed by atoms with Crippen molar-refractivity contribution in [1.29, 1.82) is 0 Å². The number of carbonyl (C=O) groups excluding carboxylic acids is 1. The zero-order chi connectivity index (χ0) is 14.7. The summed E-state index contributed by atoms with van der Waals surface area (Å²) in [5.74, 6) is -0.918. The van der Waals surface area contributed by atoms with Crippen LogP contribution in [0.3, 0.4) is 0 Å². The van der Waals surface area contributed by atoms with Crippen LogP contribution in [-0.2, 0) is 18.3 Å². The predicted octanol–water partition coefficient (Wildman–Crippen LogP) is 2.27. The van der Waals surface area contributed by atoms with E-state index < -0.39 is 11.8 Å². The summed E-state index contributed by atoms with van der Waals surface area (Å²) in [6.07, 6.45) is 1.87. The molecule has 0 aliphatic heterocycles. The van der Waals surface area contributed by atoms with Gasteiger partial charge in [-0.1, -0.05) is 0 Å². The van der Waals surface area contributed by atoms with Gasteiger partial charge in [0.25, 0.3) is 0 Å². The standard InChI is InChI=1S/C14H16FN3O2/c1-9-10(8-18(2)17-9)7-16-13-6-11(15)4-5-12(13)14(19)20-3/h4-6,8,16H,7H2,1-3H3. The third-order valence-electron chi connectivity index (χ3n) is 2.97. The Morgan fingerprint density at radius 1 is 1.50 bits per heavy atom. The number of benzene rings is 1. The van der Waals surface area contributed by atoms with Crippen LogP contribution in [-0.4, -0.2) is 22.9 Å². The maximum absolute atomic E-state index is 13.3. The maximum Gasteiger partial charge on any atom is 0.339 e. The van der Waals surface area contributed by atoms with E-state index in [1.165, 1.54) is 25.3 Å². The molecule has 0 aliphatic carbocycles. The summed E-state index contributed by atoms with van der Waals surface area (Å²) in [6.45, 7) is 2.34. The van der Waals surface area contributed by atoms with Crippen LogP contribution in [0.15, 0.2) is 24.4 Å². The molecule has 1 aromatic heterocycles. The van der Waals surface area contributed by atoms with E-state index in [0.29, 0.717) is 17.8 Å². The van der Waals surface area contributed by atoms with E-state index in [2.05, 4.69) is 15.2 Å². The Kier molecular flexibility index (Phi) is 4.02. The van der Waals surface area contributed by atoms with E-state index in [-0.39, 0.29) is 0 Å². The molecule has 0 atom stereocenters. The fourth-order valence-corrected chi connectivity index (χ4v) is 1.96. The van der Waals surface area contributed by atoms with Crippen molar-refractivity contribution in [3.8, 4) is 0 Å². The lowest BCUT2D eigenvalue weighted by molar-refractivity contribution is 0.0602. The molecule has 0 amide bonds. The molecule has 2 aromatic rings. The molecule has 0 spiro atoms. The number of halogens is 1. The van der Waals surface area contributed by atoms with Crippen LogP contribution < -0.4 is 5.32 Å². The van der Waals surface area contributed by atoms with Gasteiger partial charge in [-0.2, -0.15) is 5.10 Å². The van der Waals surface area contributed by atoms with E-state index in [9.17, 15) is 9.18 Å². The molecule has 6 heteroatoms. The largest absolute Gasteiger partial charge is 0.465 e. The first-order valence-electron chi connectivity index (χ1n) is 6.12. The van der Waals surface area contributed by atoms with Gasteiger partial charge in [0.15, 0.2) is 0 Å². The second-order valence-corrected chi connectivity index (χ2v) is 4.45. The Morgan fingerprint density at radius 3 is 2.85 bits per heavy atom. The molecule has 0 saturated carbocycles. The fraction of sp³-hybridized carbons (Fsp3) is 0.286. The smallest absolute Gasteiger partial charge is 0.339 e. The van der Waals surface area contributed by atoms with Gasteiger partial charge in [-0.25, -0.2) is 9.18 Å². The van der Waals surface area contributed by atoms with Crippen molar-refractivity contribution < 1.29 is 13.9 Å². The monoisotopic (exact) mass is 277 g/mol. The number of aryl methyl sites for hydroxylation is 2. The molecule has 0 unspecified atom stereocenters. The molecule has 0 saturated heterocycles. The zero-order valence-corrected chi connectivity index (χ0v) is 11.6. The minimum Gasteiger partial charge on any atom is -0.465 e. The van der Waals surface area contributed by atoms with Gasteiger partial charge in [-0.05, 0) is 25.1 Å². The topological polar surface area (TPSA) is 56.1 Å². The molecule has 1 heterocycles. The lowest BCUT2D eigenvalue weighted by atomic mass is 10.1. The second-order valence-electron chi connectivity index (χ2n) is 4.45. The van der Waals surface area contributed by atoms with Gasteiger partial charge in [-0.15, -0.1) is 0 Å². The number of carbonyl (C=O) groups is 1. The van der Waals surface area contributed by atoms with E-state index in [1.54, 1.807) is 4.68 Å². The number of hydrogen-bond donors (Lipinski definition) is 1. The minimum atomic E-state index is -0.504. The third-order valence-corrected chi connectivity index (χ3v) is 2.97. The summed E-state index contributed by atoms with van der Waals surface area (Å²) >= 11 is 0. The Hall–Kier alpha value is -2.37. The summed E-state index contributed by atoms with van der Waals surface area (Å²) < 4.78 is 19.7. The number of nitrogens with one attached hydrogen (secondary N) is 1. The highest BCUT2D eigenvalue weighted by Gasteiger charge is 2.13. The highest BCUT2D eigenvalue weighted by molar-refractivity contribution is 5.95. The molecule has 0 radical (unpaired) electrons. The number of rotatable bonds is 4. The maximum atomic E-state index is 13.3. The summed E-state index contributed by atoms with van der Waals surface area (Å²) in [5, 5.41) is 7.27. The number of ether oxygens (including phenoxy) is 1. The lowest BCUT2D eigenvalue weighted by Gasteiger charge is -2.10. The predicted molar refractivity (Wildman–Crippen MR) is 73.0 cm³/mol. The molecular weight excluding hydrogens is 261 g/mol. The number of anilines is 1. The molecule has 5 nitrogen and oxygen atoms in total. The average molecular weight is 277 g/mol. The first kappa shape index (κ1) is 14.0. The van der Waals surface area contributed by atoms with Crippen LogP contribution in [0, 0.1) is 12.7 Å². The van der Waals surface area contributed by atoms with Gasteiger partial charge in [0.05, 0.1) is 24.1 Å². The molecule has 0 bridgehead atoms. The first-order valence-corrected chi connectivity index (χ1v) is 6.12. The highest BCUT2D eigenvalue weighted by Crippen LogP contribution is 2.19. The Bertz CT molecular complexity index is 637. The average Bonchev–Trinajstić information content (AvgIpc) is 2.74. The lowest BCUT2D eigenvalue weighted by Crippen LogP contribution is -2.09. The SMILES string of the molecule is COC(=O)c1ccc(F)cc1NCc1cn(C)nc1C. The third kappa shape index (κ3) is 2.96. The quantitative estimate of drug-likeness (QED) is 0.871. The van der Waals surface area contributed by atoms with Crippen molar-refractivity contribution in [2.45, 2.75) is 13.5 Å². The number of hydrogen-bond acceptors (Lipinski definition) is 4. The van der Waals surface area contributed by atoms with Crippen molar-refractivity contribution >= 4 is 11.7 Å². The summed E-state index contributed by atoms with van der Waals surface area (Å²) in [4.78, 5) is 11.6. The molecule has 106 valence electrons. The number of methoxy groups -OCH3 is 1. The number of esters is 1. The highest BCUT2D eigenvalue weighted by atomic mass is 19.1. The number of nitrogens with zero attached hydrogens (tertiary/aromatic N) is 2. The van der Waals surface area contributed by atoms with Crippen molar-refractivity contribution in [2.24, 2.45) is 7.05 Å². The van der Waals surface area contributed by atoms with Crippen LogP contribution in [0.1, 0.15) is 21.6 Å². The van der Waals surface area contributed by atoms with Gasteiger partial charge in [0.1, 0.15) is 5.82 Å². The molecule has 1 aromatic carbocycles. The van der Waals surface area contributed by atoms with Crippen molar-refractivity contribution in [1.82, 2.24) is 9.78 Å². The van der Waals surface area contributed by atoms with Gasteiger partial charge in [0, 0.05) is 25.4 Å². The van der Waals surface area contributed by atoms with Crippen LogP contribution in [0.2, 0.25) is 0 Å². The van der Waals surface area contributed by atoms with Crippen molar-refractivity contribution in [2.75, 3.05) is 12.4 Å². The summed E-state index contributed by atoms with van der Waals surface area (Å²) in [5.41, 5.74) is 2.57. The Labute approximate surface area is 116 Å². The van der Waals surface area contributed by atoms with Crippen LogP contribution in [0.5, 0.6) is 0 Å². The van der Waals surface area contributed by atoms with E-state index >= 15 is 0 Å². The molecule has 0 aliphatic rings. The molecular formula is C14H16FN3O2. The van der Waals surface area contributed by atoms with Gasteiger partial charge in [-0.3, -0.25) is 4.68 Å². The van der Waals surface area contributed by atoms with Crippen LogP contribution in [0.25, 0.3) is 0 Å². The van der Waals surface area contributed by atoms with Crippen LogP contribution >= 0.6 is 0 Å². The Morgan fingerprint density at radius 2 is 2.25 bits per heavy atom. The van der Waals surface area contributed by atoms with Gasteiger partial charge in [0.2, 0.25) is 0 Å². The zero-order valence-electron chi connectivity index (χ0n) is 11.6. The second kappa shape index (κ2) is 5.73. The van der Waals surface area contributed by atoms with Gasteiger partial charge >= 0.3 is 5.97 Å². The normalized spacial score (nSPS) is 10.4. The number of aromatic nitrogens is 2. The molecule has 20 heavy (non-hydrogen) atoms. The molecule has 1 N–H and O–H groups in total. The van der Waals surface area contributed by atoms with E-state index in [1.807, 2.05) is 20.2 Å². The molecule has 0 fully saturated rings. The van der Waals surface area contributed by atoms with E-state index in [0.717, 1.165) is 11.3 Å². The first-order chi connectivity index (χ1) is 9.51. The van der Waals surface area contributed by atoms with Crippen LogP contribution in [0.4, 0.5) is 10.1 Å². The Balaban J connectivity index is 2.22. The molecule has 2 rings (SSSR count). The van der Waals surface area contributed by atoms with Crippen molar-refractivity contribution in [3.63, 3.8) is 0 Å². The fourth-order valence-electron chi connectivity index (χ4n) is 1.96. The minimum absolute atomic E-state index is 0.301. The summed E-state index contributed by atoms with van der Waals surface area (Å²) in [7, 11) is 3.12. The van der Waals surface area contributed by atoms with Gasteiger partial charge < -0.3 is 10.1 Å². The summed E-state index contributed by atoms with van der Waals surface area (Å²) in [6, 6.07) is 3.91. The van der Waals surface area contributed by atoms with E-state index in [4.69, 9.17) is 0 Å². The van der Waals surface area contributed by atoms with Crippen molar-refractivity contribution in [3.05, 3.63) is 47.0 Å².